The van der Waals surface area contributed by atoms with Gasteiger partial charge in [0.2, 0.25) is 0 Å². The second-order valence-corrected chi connectivity index (χ2v) is 5.21. The summed E-state index contributed by atoms with van der Waals surface area (Å²) < 4.78 is 12.5. The zero-order valence-electron chi connectivity index (χ0n) is 11.2. The van der Waals surface area contributed by atoms with Crippen LogP contribution < -0.4 is 10.6 Å². The number of rotatable bonds is 3. The number of nitrogens with zero attached hydrogens (tertiary/aromatic N) is 2. The Morgan fingerprint density at radius 1 is 1.33 bits per heavy atom. The Morgan fingerprint density at radius 3 is 2.50 bits per heavy atom. The van der Waals surface area contributed by atoms with Crippen LogP contribution in [0, 0.1) is 0 Å². The quantitative estimate of drug-likeness (QED) is 0.836. The summed E-state index contributed by atoms with van der Waals surface area (Å²) in [4.78, 5) is 4.59. The van der Waals surface area contributed by atoms with Crippen molar-refractivity contribution >= 4 is 11.4 Å². The first-order valence-electron chi connectivity index (χ1n) is 6.47. The van der Waals surface area contributed by atoms with Gasteiger partial charge in [-0.15, -0.1) is 0 Å². The van der Waals surface area contributed by atoms with E-state index in [1.807, 2.05) is 12.1 Å². The maximum atomic E-state index is 12.5. The average molecular weight is 251 g/mol. The van der Waals surface area contributed by atoms with E-state index in [2.05, 4.69) is 23.9 Å². The minimum Gasteiger partial charge on any atom is -0.397 e. The van der Waals surface area contributed by atoms with E-state index in [0.29, 0.717) is 17.3 Å². The van der Waals surface area contributed by atoms with Gasteiger partial charge < -0.3 is 15.5 Å². The summed E-state index contributed by atoms with van der Waals surface area (Å²) in [7, 11) is 4.26. The molecule has 1 aromatic carbocycles. The molecule has 0 atom stereocenters. The first kappa shape index (κ1) is 13.1. The van der Waals surface area contributed by atoms with Crippen molar-refractivity contribution in [2.75, 3.05) is 37.8 Å². The van der Waals surface area contributed by atoms with E-state index in [4.69, 9.17) is 5.73 Å². The average Bonchev–Trinajstić information content (AvgIpc) is 2.38. The van der Waals surface area contributed by atoms with Crippen molar-refractivity contribution < 1.29 is 4.39 Å². The van der Waals surface area contributed by atoms with Gasteiger partial charge >= 0.3 is 0 Å². The molecule has 1 aliphatic rings. The van der Waals surface area contributed by atoms with Gasteiger partial charge in [-0.1, -0.05) is 6.07 Å². The van der Waals surface area contributed by atoms with Crippen molar-refractivity contribution in [3.05, 3.63) is 23.8 Å². The largest absolute Gasteiger partial charge is 0.397 e. The molecule has 0 aromatic heterocycles. The van der Waals surface area contributed by atoms with E-state index in [-0.39, 0.29) is 0 Å². The second-order valence-electron chi connectivity index (χ2n) is 5.21. The van der Waals surface area contributed by atoms with E-state index in [9.17, 15) is 4.39 Å². The van der Waals surface area contributed by atoms with Crippen LogP contribution in [0.2, 0.25) is 0 Å². The maximum Gasteiger partial charge on any atom is 0.115 e. The summed E-state index contributed by atoms with van der Waals surface area (Å²) >= 11 is 0. The van der Waals surface area contributed by atoms with Crippen LogP contribution >= 0.6 is 0 Å². The fourth-order valence-corrected chi connectivity index (χ4v) is 2.60. The Bertz CT molecular complexity index is 398. The molecule has 0 saturated carbocycles. The van der Waals surface area contributed by atoms with Crippen molar-refractivity contribution in [2.45, 2.75) is 25.6 Å². The number of anilines is 2. The fourth-order valence-electron chi connectivity index (χ4n) is 2.60. The maximum absolute atomic E-state index is 12.5. The van der Waals surface area contributed by atoms with Gasteiger partial charge in [-0.25, -0.2) is 4.39 Å². The van der Waals surface area contributed by atoms with E-state index in [0.717, 1.165) is 31.6 Å². The SMILES string of the molecule is CN(C)C1CCN(c2ccc(CF)cc2N)CC1. The lowest BCUT2D eigenvalue weighted by molar-refractivity contribution is 0.250. The molecule has 18 heavy (non-hydrogen) atoms. The van der Waals surface area contributed by atoms with Crippen LogP contribution in [0.1, 0.15) is 18.4 Å². The van der Waals surface area contributed by atoms with Crippen LogP contribution in [0.15, 0.2) is 18.2 Å². The minimum absolute atomic E-state index is 0.451. The number of halogens is 1. The molecule has 1 aliphatic heterocycles. The van der Waals surface area contributed by atoms with Crippen LogP contribution in [0.3, 0.4) is 0 Å². The first-order valence-corrected chi connectivity index (χ1v) is 6.47. The van der Waals surface area contributed by atoms with Gasteiger partial charge in [-0.3, -0.25) is 0 Å². The van der Waals surface area contributed by atoms with E-state index >= 15 is 0 Å². The highest BCUT2D eigenvalue weighted by atomic mass is 19.1. The summed E-state index contributed by atoms with van der Waals surface area (Å²) in [5.74, 6) is 0. The molecule has 3 nitrogen and oxygen atoms in total. The molecule has 0 spiro atoms. The molecular formula is C14H22FN3. The third-order valence-corrected chi connectivity index (χ3v) is 3.78. The van der Waals surface area contributed by atoms with E-state index in [1.165, 1.54) is 0 Å². The van der Waals surface area contributed by atoms with Crippen molar-refractivity contribution in [3.8, 4) is 0 Å². The fraction of sp³-hybridized carbons (Fsp3) is 0.571. The van der Waals surface area contributed by atoms with Gasteiger partial charge in [0, 0.05) is 19.1 Å². The highest BCUT2D eigenvalue weighted by Crippen LogP contribution is 2.28. The summed E-state index contributed by atoms with van der Waals surface area (Å²) in [6, 6.07) is 6.17. The highest BCUT2D eigenvalue weighted by molar-refractivity contribution is 5.68. The number of nitrogen functional groups attached to an aromatic ring is 1. The van der Waals surface area contributed by atoms with Gasteiger partial charge in [-0.05, 0) is 44.6 Å². The predicted molar refractivity (Wildman–Crippen MR) is 74.6 cm³/mol. The predicted octanol–water partition coefficient (Wildman–Crippen LogP) is 2.27. The van der Waals surface area contributed by atoms with Crippen molar-refractivity contribution in [3.63, 3.8) is 0 Å². The Morgan fingerprint density at radius 2 is 2.00 bits per heavy atom. The van der Waals surface area contributed by atoms with Gasteiger partial charge in [0.1, 0.15) is 6.67 Å². The van der Waals surface area contributed by atoms with Crippen LogP contribution in [-0.2, 0) is 6.67 Å². The Balaban J connectivity index is 2.05. The van der Waals surface area contributed by atoms with Gasteiger partial charge in [0.25, 0.3) is 0 Å². The number of benzene rings is 1. The molecule has 100 valence electrons. The van der Waals surface area contributed by atoms with Crippen molar-refractivity contribution in [1.29, 1.82) is 0 Å². The molecule has 1 fully saturated rings. The minimum atomic E-state index is -0.451. The molecular weight excluding hydrogens is 229 g/mol. The summed E-state index contributed by atoms with van der Waals surface area (Å²) in [5, 5.41) is 0. The molecule has 1 saturated heterocycles. The third kappa shape index (κ3) is 2.75. The molecule has 0 bridgehead atoms. The second kappa shape index (κ2) is 5.57. The zero-order valence-corrected chi connectivity index (χ0v) is 11.2. The third-order valence-electron chi connectivity index (χ3n) is 3.78. The number of alkyl halides is 1. The normalized spacial score (nSPS) is 17.4. The van der Waals surface area contributed by atoms with E-state index in [1.54, 1.807) is 6.07 Å². The molecule has 0 unspecified atom stereocenters. The molecule has 0 radical (unpaired) electrons. The molecule has 1 heterocycles. The van der Waals surface area contributed by atoms with E-state index < -0.39 is 6.67 Å². The highest BCUT2D eigenvalue weighted by Gasteiger charge is 2.21. The first-order chi connectivity index (χ1) is 8.61. The summed E-state index contributed by atoms with van der Waals surface area (Å²) in [6.45, 7) is 1.58. The van der Waals surface area contributed by atoms with Gasteiger partial charge in [-0.2, -0.15) is 0 Å². The molecule has 2 N–H and O–H groups in total. The van der Waals surface area contributed by atoms with Crippen molar-refractivity contribution in [1.82, 2.24) is 4.90 Å². The van der Waals surface area contributed by atoms with Crippen LogP contribution in [0.4, 0.5) is 15.8 Å². The number of hydrogen-bond donors (Lipinski definition) is 1. The topological polar surface area (TPSA) is 32.5 Å². The lowest BCUT2D eigenvalue weighted by Crippen LogP contribution is -2.42. The lowest BCUT2D eigenvalue weighted by Gasteiger charge is -2.37. The van der Waals surface area contributed by atoms with Gasteiger partial charge in [0.05, 0.1) is 11.4 Å². The molecule has 0 amide bonds. The Hall–Kier alpha value is -1.29. The molecule has 0 aliphatic carbocycles. The number of piperidine rings is 1. The summed E-state index contributed by atoms with van der Waals surface area (Å²) in [5.41, 5.74) is 8.39. The zero-order chi connectivity index (χ0) is 13.1. The molecule has 2 rings (SSSR count). The number of hydrogen-bond acceptors (Lipinski definition) is 3. The molecule has 1 aromatic rings. The lowest BCUT2D eigenvalue weighted by atomic mass is 10.0. The Kier molecular flexibility index (Phi) is 4.07. The van der Waals surface area contributed by atoms with Crippen LogP contribution in [0.25, 0.3) is 0 Å². The van der Waals surface area contributed by atoms with Crippen LogP contribution in [-0.4, -0.2) is 38.1 Å². The van der Waals surface area contributed by atoms with Gasteiger partial charge in [0.15, 0.2) is 0 Å². The van der Waals surface area contributed by atoms with Crippen LogP contribution in [0.5, 0.6) is 0 Å². The smallest absolute Gasteiger partial charge is 0.115 e. The Labute approximate surface area is 108 Å². The standard InChI is InChI=1S/C14H22FN3/c1-17(2)12-5-7-18(8-6-12)14-4-3-11(10-15)9-13(14)16/h3-4,9,12H,5-8,10,16H2,1-2H3. The monoisotopic (exact) mass is 251 g/mol. The number of nitrogens with two attached hydrogens (primary N) is 1. The molecule has 4 heteroatoms. The van der Waals surface area contributed by atoms with Crippen molar-refractivity contribution in [2.24, 2.45) is 0 Å². The summed E-state index contributed by atoms with van der Waals surface area (Å²) in [6.07, 6.45) is 2.30.